The van der Waals surface area contributed by atoms with Gasteiger partial charge in [-0.15, -0.1) is 0 Å². The Morgan fingerprint density at radius 3 is 2.57 bits per heavy atom. The summed E-state index contributed by atoms with van der Waals surface area (Å²) in [6, 6.07) is 9.48. The lowest BCUT2D eigenvalue weighted by molar-refractivity contribution is -0.121. The molecule has 156 valence electrons. The molecule has 9 heteroatoms. The molecule has 1 N–H and O–H groups in total. The molecular weight excluding hydrogens is 428 g/mol. The van der Waals surface area contributed by atoms with Gasteiger partial charge < -0.3 is 14.6 Å². The lowest BCUT2D eigenvalue weighted by atomic mass is 10.1. The number of aromatic carboxylic acids is 1. The lowest BCUT2D eigenvalue weighted by Gasteiger charge is -2.11. The van der Waals surface area contributed by atoms with Crippen LogP contribution >= 0.6 is 23.4 Å². The quantitative estimate of drug-likeness (QED) is 0.648. The number of rotatable bonds is 6. The third kappa shape index (κ3) is 4.60. The third-order valence-electron chi connectivity index (χ3n) is 4.21. The minimum absolute atomic E-state index is 0.169. The molecule has 0 radical (unpaired) electrons. The maximum absolute atomic E-state index is 12.7. The second kappa shape index (κ2) is 9.23. The largest absolute Gasteiger partial charge is 0.493 e. The molecule has 2 aromatic carbocycles. The summed E-state index contributed by atoms with van der Waals surface area (Å²) < 4.78 is 10.9. The van der Waals surface area contributed by atoms with Gasteiger partial charge in [0.25, 0.3) is 5.91 Å². The Hall–Kier alpha value is -2.97. The second-order valence-electron chi connectivity index (χ2n) is 6.18. The highest BCUT2D eigenvalue weighted by molar-refractivity contribution is 8.18. The van der Waals surface area contributed by atoms with Gasteiger partial charge in [-0.3, -0.25) is 9.69 Å². The highest BCUT2D eigenvalue weighted by Gasteiger charge is 2.30. The first-order valence-corrected chi connectivity index (χ1v) is 10.1. The van der Waals surface area contributed by atoms with E-state index in [0.29, 0.717) is 44.5 Å². The van der Waals surface area contributed by atoms with Crippen molar-refractivity contribution in [2.24, 2.45) is 4.99 Å². The van der Waals surface area contributed by atoms with Crippen LogP contribution < -0.4 is 9.47 Å². The number of amides is 1. The zero-order valence-corrected chi connectivity index (χ0v) is 18.1. The third-order valence-corrected chi connectivity index (χ3v) is 5.60. The summed E-state index contributed by atoms with van der Waals surface area (Å²) in [6.45, 7) is 2.34. The summed E-state index contributed by atoms with van der Waals surface area (Å²) in [5.74, 6) is -0.180. The van der Waals surface area contributed by atoms with E-state index in [-0.39, 0.29) is 11.5 Å². The first kappa shape index (κ1) is 21.7. The number of amidine groups is 1. The van der Waals surface area contributed by atoms with E-state index in [2.05, 4.69) is 4.99 Å². The van der Waals surface area contributed by atoms with Gasteiger partial charge in [0, 0.05) is 13.1 Å². The van der Waals surface area contributed by atoms with Crippen molar-refractivity contribution in [3.63, 3.8) is 0 Å². The number of carbonyl (C=O) groups excluding carboxylic acids is 1. The monoisotopic (exact) mass is 446 g/mol. The van der Waals surface area contributed by atoms with Crippen molar-refractivity contribution in [1.82, 2.24) is 4.90 Å². The van der Waals surface area contributed by atoms with Crippen molar-refractivity contribution in [2.45, 2.75) is 6.92 Å². The van der Waals surface area contributed by atoms with Gasteiger partial charge in [0.15, 0.2) is 16.7 Å². The predicted molar refractivity (Wildman–Crippen MR) is 118 cm³/mol. The molecular formula is C21H19ClN2O5S. The normalized spacial score (nSPS) is 16.4. The van der Waals surface area contributed by atoms with Crippen LogP contribution in [0.3, 0.4) is 0 Å². The summed E-state index contributed by atoms with van der Waals surface area (Å²) in [4.78, 5) is 30.0. The van der Waals surface area contributed by atoms with Crippen LogP contribution in [0.15, 0.2) is 46.3 Å². The fourth-order valence-corrected chi connectivity index (χ4v) is 3.86. The number of hydrogen-bond donors (Lipinski definition) is 1. The molecule has 7 nitrogen and oxygen atoms in total. The Kier molecular flexibility index (Phi) is 6.69. The van der Waals surface area contributed by atoms with E-state index in [9.17, 15) is 9.59 Å². The van der Waals surface area contributed by atoms with Gasteiger partial charge in [-0.1, -0.05) is 11.6 Å². The first-order chi connectivity index (χ1) is 14.3. The molecule has 1 heterocycles. The smallest absolute Gasteiger partial charge is 0.335 e. The van der Waals surface area contributed by atoms with Crippen molar-refractivity contribution in [1.29, 1.82) is 0 Å². The molecule has 1 aliphatic rings. The molecule has 0 aliphatic carbocycles. The number of aliphatic imine (C=N–C) groups is 1. The topological polar surface area (TPSA) is 88.4 Å². The Bertz CT molecular complexity index is 1050. The summed E-state index contributed by atoms with van der Waals surface area (Å²) >= 11 is 7.57. The van der Waals surface area contributed by atoms with Crippen molar-refractivity contribution in [3.05, 3.63) is 57.5 Å². The molecule has 1 fully saturated rings. The van der Waals surface area contributed by atoms with Crippen LogP contribution in [0.5, 0.6) is 11.5 Å². The molecule has 0 atom stereocenters. The highest BCUT2D eigenvalue weighted by Crippen LogP contribution is 2.38. The summed E-state index contributed by atoms with van der Waals surface area (Å²) in [5.41, 5.74) is 1.33. The average Bonchev–Trinajstić information content (AvgIpc) is 2.98. The number of hydrogen-bond acceptors (Lipinski definition) is 6. The van der Waals surface area contributed by atoms with Crippen LogP contribution in [0.25, 0.3) is 6.08 Å². The molecule has 1 saturated heterocycles. The van der Waals surface area contributed by atoms with Gasteiger partial charge in [0.1, 0.15) is 0 Å². The van der Waals surface area contributed by atoms with E-state index in [4.69, 9.17) is 26.2 Å². The number of likely N-dealkylation sites (N-methyl/N-ethyl adjacent to an activating group) is 1. The number of halogens is 1. The average molecular weight is 447 g/mol. The Morgan fingerprint density at radius 2 is 1.97 bits per heavy atom. The molecule has 0 bridgehead atoms. The SMILES string of the molecule is CCOc1cc(Cl)c(C=C2SC(=Nc3ccc(C(=O)O)cc3)N(C)C2=O)cc1OC. The molecule has 1 amide bonds. The van der Waals surface area contributed by atoms with Gasteiger partial charge >= 0.3 is 5.97 Å². The molecule has 2 aromatic rings. The van der Waals surface area contributed by atoms with E-state index >= 15 is 0 Å². The van der Waals surface area contributed by atoms with Crippen LogP contribution in [0.1, 0.15) is 22.8 Å². The van der Waals surface area contributed by atoms with Gasteiger partial charge in [0.2, 0.25) is 0 Å². The van der Waals surface area contributed by atoms with E-state index in [1.165, 1.54) is 35.9 Å². The standard InChI is InChI=1S/C21H19ClN2O5S/c1-4-29-17-11-15(22)13(9-16(17)28-3)10-18-19(25)24(2)21(30-18)23-14-7-5-12(6-8-14)20(26)27/h5-11H,4H2,1-3H3,(H,26,27). The maximum Gasteiger partial charge on any atom is 0.335 e. The van der Waals surface area contributed by atoms with Crippen LogP contribution in [0, 0.1) is 0 Å². The fourth-order valence-electron chi connectivity index (χ4n) is 2.67. The van der Waals surface area contributed by atoms with Crippen molar-refractivity contribution >= 4 is 52.2 Å². The summed E-state index contributed by atoms with van der Waals surface area (Å²) in [7, 11) is 3.16. The van der Waals surface area contributed by atoms with Crippen molar-refractivity contribution < 1.29 is 24.2 Å². The van der Waals surface area contributed by atoms with E-state index < -0.39 is 5.97 Å². The molecule has 0 aromatic heterocycles. The van der Waals surface area contributed by atoms with Gasteiger partial charge in [-0.2, -0.15) is 0 Å². The van der Waals surface area contributed by atoms with Crippen LogP contribution in [-0.4, -0.2) is 47.8 Å². The van der Waals surface area contributed by atoms with E-state index in [1.54, 1.807) is 37.4 Å². The zero-order valence-electron chi connectivity index (χ0n) is 16.5. The van der Waals surface area contributed by atoms with Crippen LogP contribution in [-0.2, 0) is 4.79 Å². The fraction of sp³-hybridized carbons (Fsp3) is 0.190. The van der Waals surface area contributed by atoms with Crippen molar-refractivity contribution in [2.75, 3.05) is 20.8 Å². The van der Waals surface area contributed by atoms with Gasteiger partial charge in [-0.05, 0) is 60.7 Å². The number of methoxy groups -OCH3 is 1. The number of carboxylic acid groups (broad SMARTS) is 1. The zero-order chi connectivity index (χ0) is 21.8. The number of carboxylic acids is 1. The van der Waals surface area contributed by atoms with Crippen LogP contribution in [0.2, 0.25) is 5.02 Å². The predicted octanol–water partition coefficient (Wildman–Crippen LogP) is 4.68. The van der Waals surface area contributed by atoms with Gasteiger partial charge in [-0.25, -0.2) is 9.79 Å². The van der Waals surface area contributed by atoms with Gasteiger partial charge in [0.05, 0.1) is 34.9 Å². The Balaban J connectivity index is 1.90. The molecule has 0 spiro atoms. The lowest BCUT2D eigenvalue weighted by Crippen LogP contribution is -2.23. The number of nitrogens with zero attached hydrogens (tertiary/aromatic N) is 2. The number of carbonyl (C=O) groups is 2. The molecule has 0 saturated carbocycles. The van der Waals surface area contributed by atoms with E-state index in [0.717, 1.165) is 0 Å². The number of thioether (sulfide) groups is 1. The number of benzene rings is 2. The van der Waals surface area contributed by atoms with Crippen molar-refractivity contribution in [3.8, 4) is 11.5 Å². The second-order valence-corrected chi connectivity index (χ2v) is 7.60. The summed E-state index contributed by atoms with van der Waals surface area (Å²) in [5, 5.41) is 9.89. The number of ether oxygens (including phenoxy) is 2. The molecule has 1 aliphatic heterocycles. The minimum atomic E-state index is -1.01. The molecule has 0 unspecified atom stereocenters. The van der Waals surface area contributed by atoms with E-state index in [1.807, 2.05) is 6.92 Å². The molecule has 30 heavy (non-hydrogen) atoms. The Morgan fingerprint density at radius 1 is 1.27 bits per heavy atom. The molecule has 3 rings (SSSR count). The minimum Gasteiger partial charge on any atom is -0.493 e. The Labute approximate surface area is 183 Å². The first-order valence-electron chi connectivity index (χ1n) is 8.94. The maximum atomic E-state index is 12.7. The summed E-state index contributed by atoms with van der Waals surface area (Å²) in [6.07, 6.45) is 1.68. The van der Waals surface area contributed by atoms with Crippen LogP contribution in [0.4, 0.5) is 5.69 Å². The highest BCUT2D eigenvalue weighted by atomic mass is 35.5.